The molecule has 1 aromatic rings. The fourth-order valence-electron chi connectivity index (χ4n) is 2.93. The van der Waals surface area contributed by atoms with E-state index in [1.165, 1.54) is 19.8 Å². The summed E-state index contributed by atoms with van der Waals surface area (Å²) in [6.07, 6.45) is 5.24. The van der Waals surface area contributed by atoms with Crippen LogP contribution < -0.4 is 20.7 Å². The Balaban J connectivity index is 1.84. The minimum Gasteiger partial charge on any atom is -0.492 e. The van der Waals surface area contributed by atoms with Crippen LogP contribution in [0.2, 0.25) is 0 Å². The van der Waals surface area contributed by atoms with E-state index in [9.17, 15) is 9.59 Å². The van der Waals surface area contributed by atoms with Crippen molar-refractivity contribution in [2.45, 2.75) is 52.0 Å². The van der Waals surface area contributed by atoms with Gasteiger partial charge in [0.15, 0.2) is 0 Å². The SMILES string of the molecule is CCOc1ccc(CCNC(=O)NC2CCCC2)cc1NC(C)=O. The summed E-state index contributed by atoms with van der Waals surface area (Å²) >= 11 is 0. The molecule has 0 atom stereocenters. The first-order valence-electron chi connectivity index (χ1n) is 8.66. The first-order valence-corrected chi connectivity index (χ1v) is 8.66. The van der Waals surface area contributed by atoms with Crippen molar-refractivity contribution >= 4 is 17.6 Å². The summed E-state index contributed by atoms with van der Waals surface area (Å²) in [5.41, 5.74) is 1.70. The number of rotatable bonds is 7. The molecule has 0 aromatic heterocycles. The van der Waals surface area contributed by atoms with E-state index in [1.54, 1.807) is 0 Å². The number of urea groups is 1. The topological polar surface area (TPSA) is 79.5 Å². The Morgan fingerprint density at radius 3 is 2.67 bits per heavy atom. The van der Waals surface area contributed by atoms with Gasteiger partial charge in [0.1, 0.15) is 5.75 Å². The molecule has 3 N–H and O–H groups in total. The zero-order chi connectivity index (χ0) is 17.4. The number of benzene rings is 1. The summed E-state index contributed by atoms with van der Waals surface area (Å²) in [6, 6.07) is 5.91. The predicted molar refractivity (Wildman–Crippen MR) is 94.4 cm³/mol. The fourth-order valence-corrected chi connectivity index (χ4v) is 2.93. The molecule has 6 nitrogen and oxygen atoms in total. The molecule has 1 aliphatic rings. The van der Waals surface area contributed by atoms with Gasteiger partial charge >= 0.3 is 6.03 Å². The molecule has 1 fully saturated rings. The van der Waals surface area contributed by atoms with Crippen LogP contribution >= 0.6 is 0 Å². The number of hydrogen-bond donors (Lipinski definition) is 3. The highest BCUT2D eigenvalue weighted by Crippen LogP contribution is 2.26. The van der Waals surface area contributed by atoms with Crippen molar-refractivity contribution in [3.8, 4) is 5.75 Å². The lowest BCUT2D eigenvalue weighted by atomic mass is 10.1. The number of carbonyl (C=O) groups is 2. The summed E-state index contributed by atoms with van der Waals surface area (Å²) < 4.78 is 5.52. The van der Waals surface area contributed by atoms with Gasteiger partial charge in [-0.1, -0.05) is 18.9 Å². The van der Waals surface area contributed by atoms with E-state index in [0.29, 0.717) is 37.1 Å². The number of amides is 3. The maximum Gasteiger partial charge on any atom is 0.315 e. The summed E-state index contributed by atoms with van der Waals surface area (Å²) in [4.78, 5) is 23.2. The second-order valence-electron chi connectivity index (χ2n) is 6.08. The average Bonchev–Trinajstić information content (AvgIpc) is 3.02. The lowest BCUT2D eigenvalue weighted by Crippen LogP contribution is -2.41. The maximum atomic E-state index is 11.8. The van der Waals surface area contributed by atoms with Crippen molar-refractivity contribution in [3.05, 3.63) is 23.8 Å². The molecule has 0 bridgehead atoms. The highest BCUT2D eigenvalue weighted by molar-refractivity contribution is 5.90. The third-order valence-electron chi connectivity index (χ3n) is 4.04. The minimum atomic E-state index is -0.137. The number of carbonyl (C=O) groups excluding carboxylic acids is 2. The second kappa shape index (κ2) is 9.15. The number of anilines is 1. The molecule has 0 spiro atoms. The fraction of sp³-hybridized carbons (Fsp3) is 0.556. The van der Waals surface area contributed by atoms with E-state index in [-0.39, 0.29) is 11.9 Å². The van der Waals surface area contributed by atoms with Crippen LogP contribution in [0.1, 0.15) is 45.1 Å². The van der Waals surface area contributed by atoms with Crippen molar-refractivity contribution in [2.75, 3.05) is 18.5 Å². The summed E-state index contributed by atoms with van der Waals surface area (Å²) in [5.74, 6) is 0.519. The van der Waals surface area contributed by atoms with Crippen LogP contribution in [0.4, 0.5) is 10.5 Å². The van der Waals surface area contributed by atoms with Crippen LogP contribution in [0.5, 0.6) is 5.75 Å². The van der Waals surface area contributed by atoms with Crippen molar-refractivity contribution in [1.29, 1.82) is 0 Å². The summed E-state index contributed by atoms with van der Waals surface area (Å²) in [5, 5.41) is 8.67. The normalized spacial score (nSPS) is 14.2. The van der Waals surface area contributed by atoms with Gasteiger partial charge in [-0.3, -0.25) is 4.79 Å². The molecular weight excluding hydrogens is 306 g/mol. The van der Waals surface area contributed by atoms with Crippen LogP contribution in [-0.2, 0) is 11.2 Å². The van der Waals surface area contributed by atoms with Gasteiger partial charge in [-0.25, -0.2) is 4.79 Å². The van der Waals surface area contributed by atoms with Gasteiger partial charge in [0.05, 0.1) is 12.3 Å². The largest absolute Gasteiger partial charge is 0.492 e. The molecule has 1 aromatic carbocycles. The average molecular weight is 333 g/mol. The van der Waals surface area contributed by atoms with Crippen LogP contribution in [0.25, 0.3) is 0 Å². The molecule has 24 heavy (non-hydrogen) atoms. The molecule has 0 radical (unpaired) electrons. The van der Waals surface area contributed by atoms with Crippen LogP contribution in [0.15, 0.2) is 18.2 Å². The van der Waals surface area contributed by atoms with Crippen molar-refractivity contribution < 1.29 is 14.3 Å². The summed E-state index contributed by atoms with van der Waals surface area (Å²) in [7, 11) is 0. The Kier molecular flexibility index (Phi) is 6.90. The zero-order valence-corrected chi connectivity index (χ0v) is 14.5. The third-order valence-corrected chi connectivity index (χ3v) is 4.04. The van der Waals surface area contributed by atoms with Gasteiger partial charge in [0.2, 0.25) is 5.91 Å². The van der Waals surface area contributed by atoms with Gasteiger partial charge in [0.25, 0.3) is 0 Å². The quantitative estimate of drug-likeness (QED) is 0.718. The highest BCUT2D eigenvalue weighted by atomic mass is 16.5. The van der Waals surface area contributed by atoms with Gasteiger partial charge in [-0.2, -0.15) is 0 Å². The van der Waals surface area contributed by atoms with Gasteiger partial charge < -0.3 is 20.7 Å². The molecule has 1 aliphatic carbocycles. The smallest absolute Gasteiger partial charge is 0.315 e. The monoisotopic (exact) mass is 333 g/mol. The van der Waals surface area contributed by atoms with Crippen molar-refractivity contribution in [2.24, 2.45) is 0 Å². The number of nitrogens with one attached hydrogen (secondary N) is 3. The Morgan fingerprint density at radius 1 is 1.25 bits per heavy atom. The van der Waals surface area contributed by atoms with Crippen LogP contribution in [-0.4, -0.2) is 31.1 Å². The lowest BCUT2D eigenvalue weighted by Gasteiger charge is -2.14. The van der Waals surface area contributed by atoms with Crippen LogP contribution in [0.3, 0.4) is 0 Å². The molecule has 6 heteroatoms. The number of ether oxygens (including phenoxy) is 1. The molecule has 0 aliphatic heterocycles. The van der Waals surface area contributed by atoms with E-state index in [1.807, 2.05) is 25.1 Å². The minimum absolute atomic E-state index is 0.102. The highest BCUT2D eigenvalue weighted by Gasteiger charge is 2.16. The summed E-state index contributed by atoms with van der Waals surface area (Å²) in [6.45, 7) is 4.45. The van der Waals surface area contributed by atoms with Gasteiger partial charge in [-0.05, 0) is 43.9 Å². The zero-order valence-electron chi connectivity index (χ0n) is 14.5. The van der Waals surface area contributed by atoms with Gasteiger partial charge in [0, 0.05) is 19.5 Å². The van der Waals surface area contributed by atoms with E-state index >= 15 is 0 Å². The Labute approximate surface area is 143 Å². The molecule has 0 saturated heterocycles. The molecular formula is C18H27N3O3. The lowest BCUT2D eigenvalue weighted by molar-refractivity contribution is -0.114. The first kappa shape index (κ1) is 18.1. The standard InChI is InChI=1S/C18H27N3O3/c1-3-24-17-9-8-14(12-16(17)20-13(2)22)10-11-19-18(23)21-15-6-4-5-7-15/h8-9,12,15H,3-7,10-11H2,1-2H3,(H,20,22)(H2,19,21,23). The Morgan fingerprint density at radius 2 is 2.00 bits per heavy atom. The maximum absolute atomic E-state index is 11.8. The number of hydrogen-bond acceptors (Lipinski definition) is 3. The van der Waals surface area contributed by atoms with Gasteiger partial charge in [-0.15, -0.1) is 0 Å². The molecule has 0 heterocycles. The van der Waals surface area contributed by atoms with E-state index in [2.05, 4.69) is 16.0 Å². The van der Waals surface area contributed by atoms with Crippen molar-refractivity contribution in [1.82, 2.24) is 10.6 Å². The molecule has 1 saturated carbocycles. The Hall–Kier alpha value is -2.24. The Bertz CT molecular complexity index is 569. The van der Waals surface area contributed by atoms with Crippen LogP contribution in [0, 0.1) is 0 Å². The van der Waals surface area contributed by atoms with Crippen molar-refractivity contribution in [3.63, 3.8) is 0 Å². The van der Waals surface area contributed by atoms with E-state index in [4.69, 9.17) is 4.74 Å². The predicted octanol–water partition coefficient (Wildman–Crippen LogP) is 2.83. The molecule has 3 amide bonds. The molecule has 0 unspecified atom stereocenters. The first-order chi connectivity index (χ1) is 11.6. The molecule has 132 valence electrons. The molecule has 2 rings (SSSR count). The second-order valence-corrected chi connectivity index (χ2v) is 6.08. The van der Waals surface area contributed by atoms with E-state index in [0.717, 1.165) is 18.4 Å². The van der Waals surface area contributed by atoms with E-state index < -0.39 is 0 Å². The third kappa shape index (κ3) is 5.76.